The number of nitrogens with zero attached hydrogens (tertiary/aromatic N) is 2. The van der Waals surface area contributed by atoms with Crippen molar-refractivity contribution in [1.82, 2.24) is 5.43 Å². The molecule has 5 nitrogen and oxygen atoms in total. The van der Waals surface area contributed by atoms with Gasteiger partial charge in [0.05, 0.1) is 16.7 Å². The van der Waals surface area contributed by atoms with E-state index in [2.05, 4.69) is 11.5 Å². The molecular formula is C13H18N4O. The lowest BCUT2D eigenvalue weighted by molar-refractivity contribution is -0.128. The fourth-order valence-electron chi connectivity index (χ4n) is 1.85. The number of hydrogen-bond acceptors (Lipinski definition) is 4. The maximum atomic E-state index is 11.6. The summed E-state index contributed by atoms with van der Waals surface area (Å²) in [5.74, 6) is 4.93. The predicted molar refractivity (Wildman–Crippen MR) is 70.5 cm³/mol. The van der Waals surface area contributed by atoms with E-state index < -0.39 is 5.41 Å². The van der Waals surface area contributed by atoms with Crippen LogP contribution in [0, 0.1) is 16.7 Å². The zero-order valence-corrected chi connectivity index (χ0v) is 10.9. The molecule has 5 heteroatoms. The van der Waals surface area contributed by atoms with E-state index in [1.54, 1.807) is 19.9 Å². The second-order valence-electron chi connectivity index (χ2n) is 4.84. The summed E-state index contributed by atoms with van der Waals surface area (Å²) in [7, 11) is 1.85. The molecule has 0 atom stereocenters. The molecular weight excluding hydrogens is 228 g/mol. The Morgan fingerprint density at radius 3 is 2.67 bits per heavy atom. The first-order valence-corrected chi connectivity index (χ1v) is 5.63. The van der Waals surface area contributed by atoms with Crippen molar-refractivity contribution in [1.29, 1.82) is 5.26 Å². The van der Waals surface area contributed by atoms with Crippen LogP contribution in [0.4, 0.5) is 5.69 Å². The Morgan fingerprint density at radius 1 is 1.50 bits per heavy atom. The summed E-state index contributed by atoms with van der Waals surface area (Å²) >= 11 is 0. The van der Waals surface area contributed by atoms with Crippen LogP contribution in [0.15, 0.2) is 24.3 Å². The number of nitrogens with two attached hydrogens (primary N) is 1. The van der Waals surface area contributed by atoms with Gasteiger partial charge in [0.1, 0.15) is 6.07 Å². The van der Waals surface area contributed by atoms with Crippen molar-refractivity contribution in [2.45, 2.75) is 13.8 Å². The summed E-state index contributed by atoms with van der Waals surface area (Å²) in [5.41, 5.74) is 2.92. The SMILES string of the molecule is CN(CC(C)(C)C(=O)NN)c1ccccc1C#N. The quantitative estimate of drug-likeness (QED) is 0.472. The predicted octanol–water partition coefficient (Wildman–Crippen LogP) is 1.01. The molecule has 0 heterocycles. The van der Waals surface area contributed by atoms with Gasteiger partial charge in [-0.1, -0.05) is 12.1 Å². The van der Waals surface area contributed by atoms with Gasteiger partial charge < -0.3 is 4.90 Å². The topological polar surface area (TPSA) is 82.2 Å². The summed E-state index contributed by atoms with van der Waals surface area (Å²) in [6, 6.07) is 9.42. The monoisotopic (exact) mass is 246 g/mol. The van der Waals surface area contributed by atoms with Gasteiger partial charge in [0.15, 0.2) is 0 Å². The summed E-state index contributed by atoms with van der Waals surface area (Å²) in [5, 5.41) is 9.05. The fraction of sp³-hybridized carbons (Fsp3) is 0.385. The van der Waals surface area contributed by atoms with Crippen LogP contribution in [-0.2, 0) is 4.79 Å². The van der Waals surface area contributed by atoms with Crippen molar-refractivity contribution in [2.24, 2.45) is 11.3 Å². The van der Waals surface area contributed by atoms with Crippen LogP contribution in [0.2, 0.25) is 0 Å². The number of rotatable bonds is 4. The van der Waals surface area contributed by atoms with Crippen molar-refractivity contribution >= 4 is 11.6 Å². The third kappa shape index (κ3) is 2.99. The molecule has 1 aromatic carbocycles. The number of carbonyl (C=O) groups is 1. The van der Waals surface area contributed by atoms with Gasteiger partial charge in [-0.15, -0.1) is 0 Å². The van der Waals surface area contributed by atoms with Crippen LogP contribution in [0.3, 0.4) is 0 Å². The van der Waals surface area contributed by atoms with Crippen LogP contribution >= 0.6 is 0 Å². The molecule has 0 bridgehead atoms. The molecule has 3 N–H and O–H groups in total. The lowest BCUT2D eigenvalue weighted by Gasteiger charge is -2.30. The van der Waals surface area contributed by atoms with Gasteiger partial charge >= 0.3 is 0 Å². The molecule has 0 aliphatic heterocycles. The molecule has 0 radical (unpaired) electrons. The Bertz CT molecular complexity index is 476. The summed E-state index contributed by atoms with van der Waals surface area (Å²) in [4.78, 5) is 13.5. The number of anilines is 1. The first kappa shape index (κ1) is 14.0. The average Bonchev–Trinajstić information content (AvgIpc) is 2.36. The third-order valence-corrected chi connectivity index (χ3v) is 2.81. The Labute approximate surface area is 107 Å². The summed E-state index contributed by atoms with van der Waals surface area (Å²) in [6.07, 6.45) is 0. The van der Waals surface area contributed by atoms with Crippen LogP contribution in [-0.4, -0.2) is 19.5 Å². The van der Waals surface area contributed by atoms with Gasteiger partial charge in [0, 0.05) is 13.6 Å². The number of nitrogens with one attached hydrogen (secondary N) is 1. The van der Waals surface area contributed by atoms with Crippen LogP contribution in [0.5, 0.6) is 0 Å². The fourth-order valence-corrected chi connectivity index (χ4v) is 1.85. The minimum Gasteiger partial charge on any atom is -0.372 e. The zero-order chi connectivity index (χ0) is 13.8. The van der Waals surface area contributed by atoms with Gasteiger partial charge in [-0.05, 0) is 26.0 Å². The first-order valence-electron chi connectivity index (χ1n) is 5.63. The highest BCUT2D eigenvalue weighted by Crippen LogP contribution is 2.23. The summed E-state index contributed by atoms with van der Waals surface area (Å²) in [6.45, 7) is 4.08. The number of para-hydroxylation sites is 1. The Balaban J connectivity index is 2.93. The van der Waals surface area contributed by atoms with Gasteiger partial charge in [0.25, 0.3) is 0 Å². The molecule has 96 valence electrons. The van der Waals surface area contributed by atoms with E-state index in [-0.39, 0.29) is 5.91 Å². The molecule has 1 aromatic rings. The number of hydrazine groups is 1. The van der Waals surface area contributed by atoms with E-state index in [0.29, 0.717) is 12.1 Å². The minimum absolute atomic E-state index is 0.233. The van der Waals surface area contributed by atoms with Crippen LogP contribution < -0.4 is 16.2 Å². The van der Waals surface area contributed by atoms with Gasteiger partial charge in [0.2, 0.25) is 5.91 Å². The minimum atomic E-state index is -0.633. The molecule has 1 amide bonds. The largest absolute Gasteiger partial charge is 0.372 e. The molecule has 0 fully saturated rings. The smallest absolute Gasteiger partial charge is 0.241 e. The lowest BCUT2D eigenvalue weighted by Crippen LogP contribution is -2.46. The van der Waals surface area contributed by atoms with Gasteiger partial charge in [-0.2, -0.15) is 5.26 Å². The summed E-state index contributed by atoms with van der Waals surface area (Å²) < 4.78 is 0. The third-order valence-electron chi connectivity index (χ3n) is 2.81. The zero-order valence-electron chi connectivity index (χ0n) is 10.9. The van der Waals surface area contributed by atoms with Crippen LogP contribution in [0.25, 0.3) is 0 Å². The van der Waals surface area contributed by atoms with E-state index in [1.165, 1.54) is 0 Å². The molecule has 18 heavy (non-hydrogen) atoms. The number of nitriles is 1. The number of carbonyl (C=O) groups excluding carboxylic acids is 1. The normalized spacial score (nSPS) is 10.6. The second-order valence-corrected chi connectivity index (χ2v) is 4.84. The Morgan fingerprint density at radius 2 is 2.11 bits per heavy atom. The van der Waals surface area contributed by atoms with Gasteiger partial charge in [-0.3, -0.25) is 10.2 Å². The van der Waals surface area contributed by atoms with Crippen molar-refractivity contribution in [3.8, 4) is 6.07 Å². The standard InChI is InChI=1S/C13H18N4O/c1-13(2,12(18)16-15)9-17(3)11-7-5-4-6-10(11)8-14/h4-7H,9,15H2,1-3H3,(H,16,18). The maximum Gasteiger partial charge on any atom is 0.241 e. The van der Waals surface area contributed by atoms with E-state index >= 15 is 0 Å². The highest BCUT2D eigenvalue weighted by atomic mass is 16.2. The first-order chi connectivity index (χ1) is 8.42. The molecule has 1 rings (SSSR count). The number of amides is 1. The molecule has 0 spiro atoms. The molecule has 0 aliphatic rings. The molecule has 0 aromatic heterocycles. The van der Waals surface area contributed by atoms with Gasteiger partial charge in [-0.25, -0.2) is 5.84 Å². The van der Waals surface area contributed by atoms with E-state index in [0.717, 1.165) is 5.69 Å². The number of hydrogen-bond donors (Lipinski definition) is 2. The van der Waals surface area contributed by atoms with E-state index in [9.17, 15) is 4.79 Å². The molecule has 0 saturated heterocycles. The molecule has 0 aliphatic carbocycles. The van der Waals surface area contributed by atoms with E-state index in [1.807, 2.05) is 30.1 Å². The number of benzene rings is 1. The van der Waals surface area contributed by atoms with E-state index in [4.69, 9.17) is 11.1 Å². The molecule has 0 unspecified atom stereocenters. The maximum absolute atomic E-state index is 11.6. The van der Waals surface area contributed by atoms with Crippen molar-refractivity contribution < 1.29 is 4.79 Å². The van der Waals surface area contributed by atoms with Crippen molar-refractivity contribution in [3.05, 3.63) is 29.8 Å². The Kier molecular flexibility index (Phi) is 4.29. The lowest BCUT2D eigenvalue weighted by atomic mass is 9.91. The van der Waals surface area contributed by atoms with Crippen molar-refractivity contribution in [2.75, 3.05) is 18.5 Å². The van der Waals surface area contributed by atoms with Crippen LogP contribution in [0.1, 0.15) is 19.4 Å². The second kappa shape index (κ2) is 5.52. The molecule has 0 saturated carbocycles. The van der Waals surface area contributed by atoms with Crippen molar-refractivity contribution in [3.63, 3.8) is 0 Å². The average molecular weight is 246 g/mol. The highest BCUT2D eigenvalue weighted by Gasteiger charge is 2.29. The highest BCUT2D eigenvalue weighted by molar-refractivity contribution is 5.82. The Hall–Kier alpha value is -2.06.